The van der Waals surface area contributed by atoms with Crippen LogP contribution >= 0.6 is 11.6 Å². The van der Waals surface area contributed by atoms with Crippen molar-refractivity contribution in [1.29, 1.82) is 0 Å². The number of nitrogens with two attached hydrogens (primary N) is 1. The van der Waals surface area contributed by atoms with Crippen molar-refractivity contribution in [3.8, 4) is 11.3 Å². The molecule has 2 heterocycles. The molecule has 0 aliphatic carbocycles. The molecule has 3 rings (SSSR count). The van der Waals surface area contributed by atoms with Gasteiger partial charge in [-0.15, -0.1) is 0 Å². The van der Waals surface area contributed by atoms with Crippen molar-refractivity contribution in [3.05, 3.63) is 52.8 Å². The molecule has 0 radical (unpaired) electrons. The van der Waals surface area contributed by atoms with Crippen molar-refractivity contribution < 1.29 is 18.0 Å². The van der Waals surface area contributed by atoms with Crippen molar-refractivity contribution in [3.63, 3.8) is 0 Å². The van der Waals surface area contributed by atoms with Gasteiger partial charge in [-0.2, -0.15) is 13.2 Å². The highest BCUT2D eigenvalue weighted by molar-refractivity contribution is 6.31. The molecule has 0 bridgehead atoms. The van der Waals surface area contributed by atoms with Gasteiger partial charge in [-0.3, -0.25) is 4.79 Å². The highest BCUT2D eigenvalue weighted by Crippen LogP contribution is 2.34. The molecule has 128 valence electrons. The van der Waals surface area contributed by atoms with Crippen LogP contribution in [-0.2, 0) is 11.0 Å². The van der Waals surface area contributed by atoms with Gasteiger partial charge in [0.25, 0.3) is 0 Å². The number of nitrogens with one attached hydrogen (secondary N) is 1. The molecule has 9 heteroatoms. The second-order valence-corrected chi connectivity index (χ2v) is 5.59. The van der Waals surface area contributed by atoms with Crippen LogP contribution < -0.4 is 5.73 Å². The number of rotatable bonds is 3. The Morgan fingerprint density at radius 1 is 1.28 bits per heavy atom. The summed E-state index contributed by atoms with van der Waals surface area (Å²) in [5, 5.41) is -0.0605. The molecule has 5 nitrogen and oxygen atoms in total. The maximum absolute atomic E-state index is 13.0. The molecule has 0 saturated heterocycles. The second kappa shape index (κ2) is 6.21. The number of carbonyl (C=O) groups is 1. The maximum Gasteiger partial charge on any atom is 0.416 e. The van der Waals surface area contributed by atoms with Gasteiger partial charge >= 0.3 is 6.18 Å². The van der Waals surface area contributed by atoms with Crippen LogP contribution in [0, 0.1) is 0 Å². The molecule has 3 N–H and O–H groups in total. The van der Waals surface area contributed by atoms with E-state index in [0.29, 0.717) is 16.7 Å². The summed E-state index contributed by atoms with van der Waals surface area (Å²) in [7, 11) is 0. The molecule has 0 atom stereocenters. The first-order valence-corrected chi connectivity index (χ1v) is 7.31. The van der Waals surface area contributed by atoms with Gasteiger partial charge in [0.1, 0.15) is 5.52 Å². The predicted octanol–water partition coefficient (Wildman–Crippen LogP) is 3.80. The highest BCUT2D eigenvalue weighted by atomic mass is 35.5. The lowest BCUT2D eigenvalue weighted by Crippen LogP contribution is -2.05. The van der Waals surface area contributed by atoms with Crippen molar-refractivity contribution in [2.24, 2.45) is 5.73 Å². The Bertz CT molecular complexity index is 995. The van der Waals surface area contributed by atoms with Gasteiger partial charge in [0.2, 0.25) is 5.91 Å². The van der Waals surface area contributed by atoms with E-state index < -0.39 is 17.6 Å². The third-order valence-corrected chi connectivity index (χ3v) is 3.58. The minimum Gasteiger partial charge on any atom is -0.366 e. The van der Waals surface area contributed by atoms with E-state index in [-0.39, 0.29) is 16.3 Å². The first-order valence-electron chi connectivity index (χ1n) is 6.94. The topological polar surface area (TPSA) is 84.7 Å². The number of benzene rings is 1. The van der Waals surface area contributed by atoms with Crippen molar-refractivity contribution >= 4 is 34.7 Å². The fraction of sp³-hybridized carbons (Fsp3) is 0.0625. The van der Waals surface area contributed by atoms with Crippen LogP contribution in [0.5, 0.6) is 0 Å². The molecule has 0 fully saturated rings. The molecule has 0 spiro atoms. The van der Waals surface area contributed by atoms with Crippen molar-refractivity contribution in [2.75, 3.05) is 0 Å². The smallest absolute Gasteiger partial charge is 0.366 e. The van der Waals surface area contributed by atoms with Gasteiger partial charge in [0, 0.05) is 28.4 Å². The third-order valence-electron chi connectivity index (χ3n) is 3.36. The van der Waals surface area contributed by atoms with Crippen LogP contribution in [0.1, 0.15) is 11.1 Å². The third kappa shape index (κ3) is 3.63. The lowest BCUT2D eigenvalue weighted by Gasteiger charge is -2.09. The summed E-state index contributed by atoms with van der Waals surface area (Å²) in [6.07, 6.45) is 0.969. The van der Waals surface area contributed by atoms with Gasteiger partial charge in [-0.05, 0) is 24.3 Å². The molecule has 25 heavy (non-hydrogen) atoms. The van der Waals surface area contributed by atoms with E-state index in [9.17, 15) is 18.0 Å². The van der Waals surface area contributed by atoms with Crippen LogP contribution in [0.3, 0.4) is 0 Å². The number of amides is 1. The minimum absolute atomic E-state index is 0.0605. The quantitative estimate of drug-likeness (QED) is 0.691. The number of nitrogens with zero attached hydrogens (tertiary/aromatic N) is 2. The largest absolute Gasteiger partial charge is 0.416 e. The number of alkyl halides is 3. The Kier molecular flexibility index (Phi) is 4.22. The first-order chi connectivity index (χ1) is 11.7. The molecule has 0 aliphatic rings. The molecule has 1 amide bonds. The summed E-state index contributed by atoms with van der Waals surface area (Å²) < 4.78 is 38.9. The Balaban J connectivity index is 2.12. The van der Waals surface area contributed by atoms with Crippen molar-refractivity contribution in [1.82, 2.24) is 15.0 Å². The standard InChI is InChI=1S/C16H10ClF3N4O/c17-11-4-9(3-10(5-11)16(18,19)20)12-7-23-15-14(24-12)8(6-22-15)1-2-13(21)25/h1-7H,(H2,21,25)(H,22,23)/b2-1+. The van der Waals surface area contributed by atoms with Gasteiger partial charge in [-0.25, -0.2) is 9.97 Å². The van der Waals surface area contributed by atoms with E-state index in [0.717, 1.165) is 18.2 Å². The highest BCUT2D eigenvalue weighted by Gasteiger charge is 2.31. The average molecular weight is 367 g/mol. The molecule has 3 aromatic rings. The Hall–Kier alpha value is -2.87. The van der Waals surface area contributed by atoms with Crippen LogP contribution in [0.2, 0.25) is 5.02 Å². The number of halogens is 4. The summed E-state index contributed by atoms with van der Waals surface area (Å²) in [6, 6.07) is 3.17. The number of hydrogen-bond acceptors (Lipinski definition) is 3. The first kappa shape index (κ1) is 17.0. The van der Waals surface area contributed by atoms with Gasteiger partial charge < -0.3 is 10.7 Å². The molecular formula is C16H10ClF3N4O. The molecule has 0 unspecified atom stereocenters. The average Bonchev–Trinajstić information content (AvgIpc) is 2.93. The van der Waals surface area contributed by atoms with Gasteiger partial charge in [-0.1, -0.05) is 11.6 Å². The number of hydrogen-bond donors (Lipinski definition) is 2. The molecular weight excluding hydrogens is 357 g/mol. The monoisotopic (exact) mass is 366 g/mol. The van der Waals surface area contributed by atoms with E-state index in [1.807, 2.05) is 0 Å². The molecule has 0 aliphatic heterocycles. The number of carbonyl (C=O) groups excluding carboxylic acids is 1. The van der Waals surface area contributed by atoms with E-state index in [1.54, 1.807) is 6.20 Å². The van der Waals surface area contributed by atoms with E-state index >= 15 is 0 Å². The molecule has 2 aromatic heterocycles. The van der Waals surface area contributed by atoms with Gasteiger partial charge in [0.05, 0.1) is 17.5 Å². The number of fused-ring (bicyclic) bond motifs is 1. The maximum atomic E-state index is 13.0. The lowest BCUT2D eigenvalue weighted by atomic mass is 10.1. The predicted molar refractivity (Wildman–Crippen MR) is 87.6 cm³/mol. The van der Waals surface area contributed by atoms with Crippen LogP contribution in [0.4, 0.5) is 13.2 Å². The molecule has 0 saturated carbocycles. The Morgan fingerprint density at radius 3 is 2.72 bits per heavy atom. The SMILES string of the molecule is NC(=O)/C=C/c1c[nH]c2ncc(-c3cc(Cl)cc(C(F)(F)F)c3)nc12. The fourth-order valence-corrected chi connectivity index (χ4v) is 2.48. The summed E-state index contributed by atoms with van der Waals surface area (Å²) >= 11 is 5.80. The van der Waals surface area contributed by atoms with Crippen LogP contribution in [0.25, 0.3) is 28.5 Å². The number of aromatic nitrogens is 3. The van der Waals surface area contributed by atoms with E-state index in [4.69, 9.17) is 17.3 Å². The second-order valence-electron chi connectivity index (χ2n) is 5.16. The fourth-order valence-electron chi connectivity index (χ4n) is 2.25. The summed E-state index contributed by atoms with van der Waals surface area (Å²) in [4.78, 5) is 22.2. The lowest BCUT2D eigenvalue weighted by molar-refractivity contribution is -0.137. The van der Waals surface area contributed by atoms with Crippen molar-refractivity contribution in [2.45, 2.75) is 6.18 Å². The van der Waals surface area contributed by atoms with E-state index in [1.165, 1.54) is 18.3 Å². The van der Waals surface area contributed by atoms with Gasteiger partial charge in [0.15, 0.2) is 5.65 Å². The zero-order valence-corrected chi connectivity index (χ0v) is 13.2. The van der Waals surface area contributed by atoms with E-state index in [2.05, 4.69) is 15.0 Å². The zero-order chi connectivity index (χ0) is 18.2. The molecule has 1 aromatic carbocycles. The number of H-pyrrole nitrogens is 1. The summed E-state index contributed by atoms with van der Waals surface area (Å²) in [5.74, 6) is -0.636. The summed E-state index contributed by atoms with van der Waals surface area (Å²) in [5.41, 5.74) is 5.92. The zero-order valence-electron chi connectivity index (χ0n) is 12.4. The van der Waals surface area contributed by atoms with Crippen LogP contribution in [0.15, 0.2) is 36.7 Å². The van der Waals surface area contributed by atoms with Crippen LogP contribution in [-0.4, -0.2) is 20.9 Å². The minimum atomic E-state index is -4.53. The Labute approximate surface area is 144 Å². The normalized spacial score (nSPS) is 12.2. The Morgan fingerprint density at radius 2 is 2.04 bits per heavy atom. The number of aromatic amines is 1. The number of primary amides is 1. The summed E-state index contributed by atoms with van der Waals surface area (Å²) in [6.45, 7) is 0.